The van der Waals surface area contributed by atoms with Crippen LogP contribution in [0.2, 0.25) is 10.0 Å². The van der Waals surface area contributed by atoms with Crippen molar-refractivity contribution in [1.29, 1.82) is 0 Å². The molecule has 0 aliphatic rings. The molecule has 0 aromatic heterocycles. The highest BCUT2D eigenvalue weighted by Gasteiger charge is 2.18. The van der Waals surface area contributed by atoms with E-state index in [9.17, 15) is 10.2 Å². The van der Waals surface area contributed by atoms with E-state index in [0.717, 1.165) is 0 Å². The fourth-order valence-electron chi connectivity index (χ4n) is 1.29. The van der Waals surface area contributed by atoms with Gasteiger partial charge in [0.1, 0.15) is 6.10 Å². The number of halogens is 2. The number of hydrogen-bond acceptors (Lipinski definition) is 3. The smallest absolute Gasteiger partial charge is 0.106 e. The molecule has 0 aliphatic heterocycles. The van der Waals surface area contributed by atoms with E-state index in [1.54, 1.807) is 25.2 Å². The van der Waals surface area contributed by atoms with Gasteiger partial charge in [-0.15, -0.1) is 0 Å². The van der Waals surface area contributed by atoms with Gasteiger partial charge in [0, 0.05) is 16.6 Å². The van der Waals surface area contributed by atoms with Crippen LogP contribution in [-0.2, 0) is 0 Å². The van der Waals surface area contributed by atoms with Crippen molar-refractivity contribution in [3.63, 3.8) is 0 Å². The molecule has 3 N–H and O–H groups in total. The van der Waals surface area contributed by atoms with E-state index in [0.29, 0.717) is 22.2 Å². The predicted molar refractivity (Wildman–Crippen MR) is 61.4 cm³/mol. The summed E-state index contributed by atoms with van der Waals surface area (Å²) < 4.78 is 0. The van der Waals surface area contributed by atoms with Gasteiger partial charge in [-0.1, -0.05) is 23.2 Å². The SMILES string of the molecule is CNCC(O)C(O)c1cc(Cl)cc(Cl)c1. The normalized spacial score (nSPS) is 15.0. The van der Waals surface area contributed by atoms with Crippen LogP contribution in [0.15, 0.2) is 18.2 Å². The van der Waals surface area contributed by atoms with Gasteiger partial charge in [0.15, 0.2) is 0 Å². The van der Waals surface area contributed by atoms with Crippen LogP contribution in [0.3, 0.4) is 0 Å². The molecule has 3 nitrogen and oxygen atoms in total. The Bertz CT molecular complexity index is 313. The second kappa shape index (κ2) is 5.68. The molecule has 1 aromatic carbocycles. The summed E-state index contributed by atoms with van der Waals surface area (Å²) >= 11 is 11.6. The van der Waals surface area contributed by atoms with Crippen LogP contribution in [0.25, 0.3) is 0 Å². The zero-order chi connectivity index (χ0) is 11.4. The van der Waals surface area contributed by atoms with Crippen molar-refractivity contribution in [2.45, 2.75) is 12.2 Å². The molecule has 0 fully saturated rings. The van der Waals surface area contributed by atoms with Crippen molar-refractivity contribution in [2.24, 2.45) is 0 Å². The van der Waals surface area contributed by atoms with Crippen LogP contribution in [0.1, 0.15) is 11.7 Å². The number of benzene rings is 1. The molecule has 0 saturated heterocycles. The van der Waals surface area contributed by atoms with E-state index in [-0.39, 0.29) is 0 Å². The van der Waals surface area contributed by atoms with E-state index < -0.39 is 12.2 Å². The summed E-state index contributed by atoms with van der Waals surface area (Å²) in [6.07, 6.45) is -1.88. The van der Waals surface area contributed by atoms with Crippen LogP contribution in [0, 0.1) is 0 Å². The molecule has 2 atom stereocenters. The first-order valence-electron chi connectivity index (χ1n) is 4.51. The lowest BCUT2D eigenvalue weighted by Crippen LogP contribution is -2.29. The quantitative estimate of drug-likeness (QED) is 0.760. The lowest BCUT2D eigenvalue weighted by Gasteiger charge is -2.18. The molecule has 0 radical (unpaired) electrons. The Morgan fingerprint density at radius 3 is 2.20 bits per heavy atom. The molecule has 15 heavy (non-hydrogen) atoms. The minimum Gasteiger partial charge on any atom is -0.389 e. The van der Waals surface area contributed by atoms with E-state index in [1.165, 1.54) is 0 Å². The third-order valence-electron chi connectivity index (χ3n) is 2.00. The zero-order valence-corrected chi connectivity index (χ0v) is 9.76. The van der Waals surface area contributed by atoms with Gasteiger partial charge in [-0.3, -0.25) is 0 Å². The Labute approximate surface area is 98.6 Å². The largest absolute Gasteiger partial charge is 0.389 e. The first-order valence-corrected chi connectivity index (χ1v) is 5.27. The summed E-state index contributed by atoms with van der Waals surface area (Å²) in [6.45, 7) is 0.297. The first-order chi connectivity index (χ1) is 7.04. The minimum absolute atomic E-state index is 0.297. The van der Waals surface area contributed by atoms with Gasteiger partial charge in [-0.25, -0.2) is 0 Å². The summed E-state index contributed by atoms with van der Waals surface area (Å²) in [5.74, 6) is 0. The Kier molecular flexibility index (Phi) is 4.83. The summed E-state index contributed by atoms with van der Waals surface area (Å²) in [6, 6.07) is 4.73. The fourth-order valence-corrected chi connectivity index (χ4v) is 1.83. The summed E-state index contributed by atoms with van der Waals surface area (Å²) in [5.41, 5.74) is 0.509. The maximum atomic E-state index is 9.76. The molecular formula is C10H13Cl2NO2. The Balaban J connectivity index is 2.85. The second-order valence-corrected chi connectivity index (χ2v) is 4.15. The summed E-state index contributed by atoms with van der Waals surface area (Å²) in [4.78, 5) is 0. The number of nitrogens with one attached hydrogen (secondary N) is 1. The Hall–Kier alpha value is -0.320. The molecule has 0 spiro atoms. The first kappa shape index (κ1) is 12.7. The molecule has 1 aromatic rings. The molecule has 0 heterocycles. The highest BCUT2D eigenvalue weighted by atomic mass is 35.5. The maximum Gasteiger partial charge on any atom is 0.106 e. The molecule has 5 heteroatoms. The summed E-state index contributed by atoms with van der Waals surface area (Å²) in [5, 5.41) is 23.0. The van der Waals surface area contributed by atoms with Crippen molar-refractivity contribution in [2.75, 3.05) is 13.6 Å². The van der Waals surface area contributed by atoms with Crippen molar-refractivity contribution >= 4 is 23.2 Å². The lowest BCUT2D eigenvalue weighted by molar-refractivity contribution is 0.0202. The Morgan fingerprint density at radius 1 is 1.20 bits per heavy atom. The van der Waals surface area contributed by atoms with E-state index in [1.807, 2.05) is 0 Å². The highest BCUT2D eigenvalue weighted by molar-refractivity contribution is 6.34. The van der Waals surface area contributed by atoms with Crippen LogP contribution in [-0.4, -0.2) is 29.9 Å². The summed E-state index contributed by atoms with van der Waals surface area (Å²) in [7, 11) is 1.70. The number of aliphatic hydroxyl groups is 2. The third kappa shape index (κ3) is 3.63. The van der Waals surface area contributed by atoms with Crippen LogP contribution in [0.4, 0.5) is 0 Å². The number of rotatable bonds is 4. The molecule has 84 valence electrons. The van der Waals surface area contributed by atoms with E-state index in [2.05, 4.69) is 5.32 Å². The van der Waals surface area contributed by atoms with Crippen molar-refractivity contribution in [3.8, 4) is 0 Å². The molecule has 0 saturated carbocycles. The molecule has 2 unspecified atom stereocenters. The van der Waals surface area contributed by atoms with Gasteiger partial charge in [0.25, 0.3) is 0 Å². The van der Waals surface area contributed by atoms with Gasteiger partial charge in [0.2, 0.25) is 0 Å². The average molecular weight is 250 g/mol. The zero-order valence-electron chi connectivity index (χ0n) is 8.24. The number of aliphatic hydroxyl groups excluding tert-OH is 2. The number of hydrogen-bond donors (Lipinski definition) is 3. The van der Waals surface area contributed by atoms with E-state index in [4.69, 9.17) is 23.2 Å². The highest BCUT2D eigenvalue weighted by Crippen LogP contribution is 2.25. The van der Waals surface area contributed by atoms with Crippen molar-refractivity contribution < 1.29 is 10.2 Å². The van der Waals surface area contributed by atoms with Crippen LogP contribution < -0.4 is 5.32 Å². The molecule has 0 bridgehead atoms. The topological polar surface area (TPSA) is 52.5 Å². The minimum atomic E-state index is -0.992. The Morgan fingerprint density at radius 2 is 1.73 bits per heavy atom. The molecule has 0 amide bonds. The maximum absolute atomic E-state index is 9.76. The number of likely N-dealkylation sites (N-methyl/N-ethyl adjacent to an activating group) is 1. The molecule has 1 rings (SSSR count). The van der Waals surface area contributed by atoms with Crippen molar-refractivity contribution in [1.82, 2.24) is 5.32 Å². The predicted octanol–water partition coefficient (Wildman–Crippen LogP) is 1.61. The van der Waals surface area contributed by atoms with Crippen LogP contribution in [0.5, 0.6) is 0 Å². The van der Waals surface area contributed by atoms with Gasteiger partial charge < -0.3 is 15.5 Å². The van der Waals surface area contributed by atoms with Gasteiger partial charge in [-0.05, 0) is 30.8 Å². The van der Waals surface area contributed by atoms with Gasteiger partial charge in [0.05, 0.1) is 6.10 Å². The fraction of sp³-hybridized carbons (Fsp3) is 0.400. The molecular weight excluding hydrogens is 237 g/mol. The average Bonchev–Trinajstić information content (AvgIpc) is 2.15. The van der Waals surface area contributed by atoms with Crippen LogP contribution >= 0.6 is 23.2 Å². The van der Waals surface area contributed by atoms with Gasteiger partial charge in [-0.2, -0.15) is 0 Å². The monoisotopic (exact) mass is 249 g/mol. The van der Waals surface area contributed by atoms with E-state index >= 15 is 0 Å². The van der Waals surface area contributed by atoms with Crippen molar-refractivity contribution in [3.05, 3.63) is 33.8 Å². The molecule has 0 aliphatic carbocycles. The van der Waals surface area contributed by atoms with Gasteiger partial charge >= 0.3 is 0 Å². The standard InChI is InChI=1S/C10H13Cl2NO2/c1-13-5-9(14)10(15)6-2-7(11)4-8(12)3-6/h2-4,9-10,13-15H,5H2,1H3. The third-order valence-corrected chi connectivity index (χ3v) is 2.44. The lowest BCUT2D eigenvalue weighted by atomic mass is 10.0. The second-order valence-electron chi connectivity index (χ2n) is 3.27.